The number of rotatable bonds is 8. The van der Waals surface area contributed by atoms with E-state index >= 15 is 0 Å². The molecule has 0 aliphatic heterocycles. The van der Waals surface area contributed by atoms with E-state index in [9.17, 15) is 5.11 Å². The highest BCUT2D eigenvalue weighted by atomic mass is 127. The molecule has 0 aliphatic carbocycles. The largest absolute Gasteiger partial charge is 0.383 e. The molecule has 30 heavy (non-hydrogen) atoms. The van der Waals surface area contributed by atoms with Crippen LogP contribution in [-0.4, -0.2) is 50.3 Å². The fourth-order valence-corrected chi connectivity index (χ4v) is 2.90. The van der Waals surface area contributed by atoms with Crippen molar-refractivity contribution < 1.29 is 5.11 Å². The molecule has 0 amide bonds. The Kier molecular flexibility index (Phi) is 8.85. The lowest BCUT2D eigenvalue weighted by molar-refractivity contribution is 0.0672. The second kappa shape index (κ2) is 11.1. The molecule has 0 saturated heterocycles. The molecule has 1 aromatic carbocycles. The van der Waals surface area contributed by atoms with Gasteiger partial charge >= 0.3 is 0 Å². The van der Waals surface area contributed by atoms with Crippen molar-refractivity contribution in [3.63, 3.8) is 0 Å². The number of guanidine groups is 1. The molecule has 9 heteroatoms. The van der Waals surface area contributed by atoms with Gasteiger partial charge in [0.2, 0.25) is 0 Å². The van der Waals surface area contributed by atoms with Crippen LogP contribution >= 0.6 is 24.0 Å². The molecule has 1 unspecified atom stereocenters. The highest BCUT2D eigenvalue weighted by Gasteiger charge is 2.24. The molecule has 0 aliphatic rings. The second-order valence-corrected chi connectivity index (χ2v) is 7.18. The molecule has 1 atom stereocenters. The number of halogens is 1. The maximum atomic E-state index is 10.7. The number of aryl methyl sites for hydroxylation is 1. The zero-order valence-corrected chi connectivity index (χ0v) is 19.9. The topological polar surface area (TPSA) is 92.3 Å². The lowest BCUT2D eigenvalue weighted by atomic mass is 10.0. The van der Waals surface area contributed by atoms with E-state index in [0.29, 0.717) is 12.5 Å². The average Bonchev–Trinajstić information content (AvgIpc) is 3.36. The Hall–Kier alpha value is -2.40. The number of nitrogens with zero attached hydrogens (tertiary/aromatic N) is 5. The summed E-state index contributed by atoms with van der Waals surface area (Å²) >= 11 is 0. The molecule has 3 aromatic rings. The van der Waals surface area contributed by atoms with Gasteiger partial charge in [0.05, 0.1) is 24.6 Å². The summed E-state index contributed by atoms with van der Waals surface area (Å²) in [6, 6.07) is 10.0. The lowest BCUT2D eigenvalue weighted by Crippen LogP contribution is -2.39. The second-order valence-electron chi connectivity index (χ2n) is 7.18. The third-order valence-electron chi connectivity index (χ3n) is 4.58. The van der Waals surface area contributed by atoms with E-state index in [0.717, 1.165) is 29.8 Å². The maximum Gasteiger partial charge on any atom is 0.191 e. The Bertz CT molecular complexity index is 934. The van der Waals surface area contributed by atoms with Crippen LogP contribution in [0.3, 0.4) is 0 Å². The minimum Gasteiger partial charge on any atom is -0.383 e. The van der Waals surface area contributed by atoms with Crippen LogP contribution in [0.2, 0.25) is 0 Å². The van der Waals surface area contributed by atoms with Crippen LogP contribution in [0.1, 0.15) is 25.0 Å². The zero-order valence-electron chi connectivity index (χ0n) is 17.6. The number of nitrogens with one attached hydrogen (secondary N) is 2. The Morgan fingerprint density at radius 3 is 2.57 bits per heavy atom. The van der Waals surface area contributed by atoms with Crippen LogP contribution in [-0.2, 0) is 19.1 Å². The van der Waals surface area contributed by atoms with Gasteiger partial charge in [0.15, 0.2) is 5.96 Å². The molecule has 3 N–H and O–H groups in total. The summed E-state index contributed by atoms with van der Waals surface area (Å²) in [5, 5.41) is 25.8. The maximum absolute atomic E-state index is 10.7. The molecular weight excluding hydrogens is 493 g/mol. The fraction of sp³-hybridized carbons (Fsp3) is 0.381. The van der Waals surface area contributed by atoms with E-state index in [-0.39, 0.29) is 30.5 Å². The van der Waals surface area contributed by atoms with Gasteiger partial charge in [-0.2, -0.15) is 10.2 Å². The highest BCUT2D eigenvalue weighted by Crippen LogP contribution is 2.19. The molecule has 0 spiro atoms. The van der Waals surface area contributed by atoms with Gasteiger partial charge in [-0.25, -0.2) is 9.67 Å². The molecule has 2 heterocycles. The molecule has 0 radical (unpaired) electrons. The molecule has 0 saturated carbocycles. The van der Waals surface area contributed by atoms with Crippen molar-refractivity contribution in [3.8, 4) is 5.69 Å². The number of para-hydroxylation sites is 1. The third kappa shape index (κ3) is 6.56. The summed E-state index contributed by atoms with van der Waals surface area (Å²) in [6.45, 7) is 5.45. The van der Waals surface area contributed by atoms with E-state index in [1.807, 2.05) is 61.4 Å². The number of hydrogen-bond donors (Lipinski definition) is 3. The van der Waals surface area contributed by atoms with Crippen molar-refractivity contribution in [3.05, 3.63) is 66.2 Å². The van der Waals surface area contributed by atoms with E-state index in [2.05, 4.69) is 25.8 Å². The van der Waals surface area contributed by atoms with Crippen molar-refractivity contribution in [2.45, 2.75) is 25.9 Å². The zero-order chi connectivity index (χ0) is 20.7. The van der Waals surface area contributed by atoms with Gasteiger partial charge in [-0.05, 0) is 38.0 Å². The van der Waals surface area contributed by atoms with Crippen molar-refractivity contribution >= 4 is 29.9 Å². The lowest BCUT2D eigenvalue weighted by Gasteiger charge is -2.20. The van der Waals surface area contributed by atoms with E-state index in [1.54, 1.807) is 24.0 Å². The Morgan fingerprint density at radius 2 is 1.90 bits per heavy atom. The van der Waals surface area contributed by atoms with Gasteiger partial charge in [0.1, 0.15) is 5.60 Å². The molecule has 0 fully saturated rings. The summed E-state index contributed by atoms with van der Waals surface area (Å²) in [7, 11) is 1.83. The highest BCUT2D eigenvalue weighted by molar-refractivity contribution is 14.0. The summed E-state index contributed by atoms with van der Waals surface area (Å²) in [5.74, 6) is 0.673. The van der Waals surface area contributed by atoms with Crippen LogP contribution in [0.4, 0.5) is 0 Å². The van der Waals surface area contributed by atoms with Gasteiger partial charge in [-0.1, -0.05) is 18.2 Å². The summed E-state index contributed by atoms with van der Waals surface area (Å²) in [6.07, 6.45) is 8.21. The first-order valence-electron chi connectivity index (χ1n) is 9.80. The van der Waals surface area contributed by atoms with Crippen molar-refractivity contribution in [1.82, 2.24) is 30.2 Å². The smallest absolute Gasteiger partial charge is 0.191 e. The van der Waals surface area contributed by atoms with Crippen LogP contribution in [0.5, 0.6) is 0 Å². The summed E-state index contributed by atoms with van der Waals surface area (Å²) in [4.78, 5) is 4.54. The number of aliphatic imine (C=N–C) groups is 1. The van der Waals surface area contributed by atoms with Crippen LogP contribution in [0, 0.1) is 0 Å². The van der Waals surface area contributed by atoms with E-state index in [4.69, 9.17) is 0 Å². The molecule has 2 aromatic heterocycles. The number of aliphatic hydroxyl groups is 1. The summed E-state index contributed by atoms with van der Waals surface area (Å²) < 4.78 is 3.55. The number of benzene rings is 1. The molecule has 0 bridgehead atoms. The Morgan fingerprint density at radius 1 is 1.13 bits per heavy atom. The Labute approximate surface area is 194 Å². The first kappa shape index (κ1) is 23.9. The first-order valence-corrected chi connectivity index (χ1v) is 9.80. The predicted octanol–water partition coefficient (Wildman–Crippen LogP) is 2.23. The Balaban J connectivity index is 0.00000320. The van der Waals surface area contributed by atoms with Gasteiger partial charge in [-0.15, -0.1) is 24.0 Å². The van der Waals surface area contributed by atoms with Crippen LogP contribution < -0.4 is 10.6 Å². The minimum absolute atomic E-state index is 0. The van der Waals surface area contributed by atoms with Crippen molar-refractivity contribution in [2.75, 3.05) is 19.6 Å². The predicted molar refractivity (Wildman–Crippen MR) is 129 cm³/mol. The minimum atomic E-state index is -1.08. The van der Waals surface area contributed by atoms with Crippen molar-refractivity contribution in [1.29, 1.82) is 0 Å². The third-order valence-corrected chi connectivity index (χ3v) is 4.58. The van der Waals surface area contributed by atoms with Crippen LogP contribution in [0.15, 0.2) is 60.1 Å². The van der Waals surface area contributed by atoms with Gasteiger partial charge in [-0.3, -0.25) is 4.68 Å². The normalized spacial score (nSPS) is 13.4. The first-order chi connectivity index (χ1) is 14.0. The van der Waals surface area contributed by atoms with Gasteiger partial charge in [0, 0.05) is 38.1 Å². The molecule has 3 rings (SSSR count). The summed E-state index contributed by atoms with van der Waals surface area (Å²) in [5.41, 5.74) is 1.85. The monoisotopic (exact) mass is 523 g/mol. The molecular formula is C21H30IN7O. The number of aromatic nitrogens is 4. The van der Waals surface area contributed by atoms with Gasteiger partial charge in [0.25, 0.3) is 0 Å². The quantitative estimate of drug-likeness (QED) is 0.239. The van der Waals surface area contributed by atoms with E-state index < -0.39 is 5.60 Å². The van der Waals surface area contributed by atoms with Crippen LogP contribution in [0.25, 0.3) is 5.69 Å². The number of hydrogen-bond acceptors (Lipinski definition) is 4. The SMILES string of the molecule is CCNC(=NCC(C)(O)c1cnn(C)c1)NCCc1cnn(-c2ccccc2)c1.I. The molecule has 162 valence electrons. The van der Waals surface area contributed by atoms with Gasteiger partial charge < -0.3 is 15.7 Å². The van der Waals surface area contributed by atoms with Crippen molar-refractivity contribution in [2.24, 2.45) is 12.0 Å². The van der Waals surface area contributed by atoms with E-state index in [1.165, 1.54) is 0 Å². The molecule has 8 nitrogen and oxygen atoms in total. The standard InChI is InChI=1S/C21H29N7O.HI/c1-4-22-20(24-16-21(2,29)18-13-25-27(3)15-18)23-11-10-17-12-26-28(14-17)19-8-6-5-7-9-19;/h5-9,12-15,29H,4,10-11,16H2,1-3H3,(H2,22,23,24);1H. The average molecular weight is 523 g/mol. The fourth-order valence-electron chi connectivity index (χ4n) is 2.90.